The van der Waals surface area contributed by atoms with Gasteiger partial charge < -0.3 is 5.73 Å². The number of aromatic nitrogens is 2. The first-order valence-electron chi connectivity index (χ1n) is 6.26. The molecular formula is C11H21ClN4O2S. The van der Waals surface area contributed by atoms with Crippen molar-refractivity contribution in [3.05, 3.63) is 12.4 Å². The van der Waals surface area contributed by atoms with Gasteiger partial charge in [0.1, 0.15) is 4.90 Å². The zero-order chi connectivity index (χ0) is 13.2. The Hall–Kier alpha value is -0.630. The quantitative estimate of drug-likeness (QED) is 0.889. The van der Waals surface area contributed by atoms with Gasteiger partial charge in [-0.2, -0.15) is 9.40 Å². The van der Waals surface area contributed by atoms with Gasteiger partial charge in [0.25, 0.3) is 0 Å². The second kappa shape index (κ2) is 6.69. The molecule has 8 heteroatoms. The van der Waals surface area contributed by atoms with Gasteiger partial charge in [0.2, 0.25) is 10.0 Å². The first-order chi connectivity index (χ1) is 8.55. The van der Waals surface area contributed by atoms with Crippen LogP contribution >= 0.6 is 12.4 Å². The molecule has 110 valence electrons. The van der Waals surface area contributed by atoms with Crippen molar-refractivity contribution in [3.63, 3.8) is 0 Å². The van der Waals surface area contributed by atoms with Gasteiger partial charge in [-0.15, -0.1) is 12.4 Å². The van der Waals surface area contributed by atoms with Crippen LogP contribution in [0.3, 0.4) is 0 Å². The molecule has 1 aliphatic heterocycles. The highest BCUT2D eigenvalue weighted by atomic mass is 35.5. The molecule has 1 saturated heterocycles. The zero-order valence-corrected chi connectivity index (χ0v) is 12.7. The Kier molecular flexibility index (Phi) is 5.79. The van der Waals surface area contributed by atoms with Crippen LogP contribution < -0.4 is 5.73 Å². The number of hydrogen-bond donors (Lipinski definition) is 1. The van der Waals surface area contributed by atoms with E-state index >= 15 is 0 Å². The zero-order valence-electron chi connectivity index (χ0n) is 11.0. The predicted octanol–water partition coefficient (Wildman–Crippen LogP) is 0.734. The maximum atomic E-state index is 12.5. The van der Waals surface area contributed by atoms with Crippen LogP contribution in [0.5, 0.6) is 0 Å². The van der Waals surface area contributed by atoms with Crippen LogP contribution in [-0.4, -0.2) is 41.6 Å². The minimum absolute atomic E-state index is 0. The van der Waals surface area contributed by atoms with Crippen molar-refractivity contribution < 1.29 is 8.42 Å². The Morgan fingerprint density at radius 1 is 1.47 bits per heavy atom. The van der Waals surface area contributed by atoms with E-state index in [2.05, 4.69) is 5.10 Å². The standard InChI is InChI=1S/C11H20N4O2S.ClH/c1-14-9-11(8-13-14)18(16,17)15-7-3-2-4-10(15)5-6-12;/h8-10H,2-7,12H2,1H3;1H. The van der Waals surface area contributed by atoms with Gasteiger partial charge in [0.15, 0.2) is 0 Å². The first kappa shape index (κ1) is 16.4. The smallest absolute Gasteiger partial charge is 0.246 e. The molecule has 0 aliphatic carbocycles. The molecule has 2 N–H and O–H groups in total. The summed E-state index contributed by atoms with van der Waals surface area (Å²) in [4.78, 5) is 0.272. The lowest BCUT2D eigenvalue weighted by molar-refractivity contribution is 0.243. The lowest BCUT2D eigenvalue weighted by atomic mass is 10.0. The molecule has 19 heavy (non-hydrogen) atoms. The molecule has 6 nitrogen and oxygen atoms in total. The fraction of sp³-hybridized carbons (Fsp3) is 0.727. The summed E-state index contributed by atoms with van der Waals surface area (Å²) in [5.41, 5.74) is 5.57. The van der Waals surface area contributed by atoms with Gasteiger partial charge in [-0.3, -0.25) is 4.68 Å². The van der Waals surface area contributed by atoms with Crippen molar-refractivity contribution in [3.8, 4) is 0 Å². The van der Waals surface area contributed by atoms with E-state index < -0.39 is 10.0 Å². The minimum atomic E-state index is -3.42. The van der Waals surface area contributed by atoms with E-state index in [0.717, 1.165) is 25.7 Å². The van der Waals surface area contributed by atoms with Crippen LogP contribution in [-0.2, 0) is 17.1 Å². The number of halogens is 1. The third-order valence-corrected chi connectivity index (χ3v) is 5.27. The molecule has 1 fully saturated rings. The summed E-state index contributed by atoms with van der Waals surface area (Å²) in [5.74, 6) is 0. The maximum Gasteiger partial charge on any atom is 0.246 e. The van der Waals surface area contributed by atoms with Crippen molar-refractivity contribution in [2.45, 2.75) is 36.6 Å². The first-order valence-corrected chi connectivity index (χ1v) is 7.70. The number of nitrogens with two attached hydrogens (primary N) is 1. The van der Waals surface area contributed by atoms with Gasteiger partial charge in [-0.05, 0) is 25.8 Å². The SMILES string of the molecule is Cl.Cn1cc(S(=O)(=O)N2CCCCC2CCN)cn1. The van der Waals surface area contributed by atoms with E-state index in [0.29, 0.717) is 13.1 Å². The molecule has 1 atom stereocenters. The van der Waals surface area contributed by atoms with Crippen LogP contribution in [0.4, 0.5) is 0 Å². The molecule has 1 aliphatic rings. The normalized spacial score (nSPS) is 21.1. The Labute approximate surface area is 120 Å². The molecule has 0 amide bonds. The van der Waals surface area contributed by atoms with Crippen LogP contribution in [0.2, 0.25) is 0 Å². The lowest BCUT2D eigenvalue weighted by Crippen LogP contribution is -2.44. The lowest BCUT2D eigenvalue weighted by Gasteiger charge is -2.34. The molecule has 0 saturated carbocycles. The van der Waals surface area contributed by atoms with Crippen molar-refractivity contribution in [1.82, 2.24) is 14.1 Å². The molecule has 2 rings (SSSR count). The van der Waals surface area contributed by atoms with Crippen LogP contribution in [0.25, 0.3) is 0 Å². The number of rotatable bonds is 4. The Morgan fingerprint density at radius 3 is 2.79 bits per heavy atom. The molecule has 2 heterocycles. The summed E-state index contributed by atoms with van der Waals surface area (Å²) in [6.45, 7) is 1.10. The summed E-state index contributed by atoms with van der Waals surface area (Å²) >= 11 is 0. The summed E-state index contributed by atoms with van der Waals surface area (Å²) in [5, 5.41) is 3.93. The van der Waals surface area contributed by atoms with Gasteiger partial charge in [-0.25, -0.2) is 8.42 Å². The summed E-state index contributed by atoms with van der Waals surface area (Å²) in [6, 6.07) is 0.0361. The summed E-state index contributed by atoms with van der Waals surface area (Å²) < 4.78 is 28.1. The Bertz CT molecular complexity index is 501. The number of aryl methyl sites for hydroxylation is 1. The summed E-state index contributed by atoms with van der Waals surface area (Å²) in [6.07, 6.45) is 6.56. The van der Waals surface area contributed by atoms with Crippen LogP contribution in [0.15, 0.2) is 17.3 Å². The highest BCUT2D eigenvalue weighted by Crippen LogP contribution is 2.26. The Balaban J connectivity index is 0.00000180. The number of hydrogen-bond acceptors (Lipinski definition) is 4. The highest BCUT2D eigenvalue weighted by molar-refractivity contribution is 7.89. The molecule has 1 aromatic rings. The number of sulfonamides is 1. The number of piperidine rings is 1. The largest absolute Gasteiger partial charge is 0.330 e. The fourth-order valence-corrected chi connectivity index (χ4v) is 4.15. The van der Waals surface area contributed by atoms with E-state index in [1.54, 1.807) is 17.5 Å². The van der Waals surface area contributed by atoms with Crippen molar-refractivity contribution >= 4 is 22.4 Å². The average molecular weight is 309 g/mol. The molecule has 0 radical (unpaired) electrons. The van der Waals surface area contributed by atoms with E-state index in [1.165, 1.54) is 10.9 Å². The monoisotopic (exact) mass is 308 g/mol. The van der Waals surface area contributed by atoms with Crippen molar-refractivity contribution in [2.24, 2.45) is 12.8 Å². The third kappa shape index (κ3) is 3.47. The van der Waals surface area contributed by atoms with E-state index in [4.69, 9.17) is 5.73 Å². The molecule has 1 aromatic heterocycles. The van der Waals surface area contributed by atoms with Gasteiger partial charge >= 0.3 is 0 Å². The topological polar surface area (TPSA) is 81.2 Å². The van der Waals surface area contributed by atoms with Crippen molar-refractivity contribution in [1.29, 1.82) is 0 Å². The third-order valence-electron chi connectivity index (χ3n) is 3.36. The minimum Gasteiger partial charge on any atom is -0.330 e. The maximum absolute atomic E-state index is 12.5. The van der Waals surface area contributed by atoms with Crippen LogP contribution in [0.1, 0.15) is 25.7 Å². The molecular weight excluding hydrogens is 288 g/mol. The second-order valence-corrected chi connectivity index (χ2v) is 6.58. The molecule has 1 unspecified atom stereocenters. The molecule has 0 bridgehead atoms. The highest BCUT2D eigenvalue weighted by Gasteiger charge is 2.33. The van der Waals surface area contributed by atoms with Crippen molar-refractivity contribution in [2.75, 3.05) is 13.1 Å². The Morgan fingerprint density at radius 2 is 2.21 bits per heavy atom. The van der Waals surface area contributed by atoms with Crippen LogP contribution in [0, 0.1) is 0 Å². The molecule has 0 aromatic carbocycles. The van der Waals surface area contributed by atoms with E-state index in [1.807, 2.05) is 0 Å². The summed E-state index contributed by atoms with van der Waals surface area (Å²) in [7, 11) is -1.70. The fourth-order valence-electron chi connectivity index (χ4n) is 2.44. The van der Waals surface area contributed by atoms with E-state index in [-0.39, 0.29) is 23.3 Å². The predicted molar refractivity (Wildman–Crippen MR) is 75.7 cm³/mol. The number of nitrogens with zero attached hydrogens (tertiary/aromatic N) is 3. The molecule has 0 spiro atoms. The van der Waals surface area contributed by atoms with E-state index in [9.17, 15) is 8.42 Å². The van der Waals surface area contributed by atoms with Gasteiger partial charge in [-0.1, -0.05) is 6.42 Å². The van der Waals surface area contributed by atoms with Gasteiger partial charge in [0.05, 0.1) is 6.20 Å². The average Bonchev–Trinajstić information content (AvgIpc) is 2.78. The van der Waals surface area contributed by atoms with Gasteiger partial charge in [0, 0.05) is 25.8 Å². The second-order valence-electron chi connectivity index (χ2n) is 4.69.